The molecule has 0 atom stereocenters. The molecule has 0 saturated heterocycles. The number of hydrogen-bond donors (Lipinski definition) is 3. The van der Waals surface area contributed by atoms with Crippen LogP contribution in [0.5, 0.6) is 0 Å². The van der Waals surface area contributed by atoms with E-state index in [2.05, 4.69) is 27.5 Å². The van der Waals surface area contributed by atoms with E-state index in [1.807, 2.05) is 6.92 Å². The van der Waals surface area contributed by atoms with Crippen LogP contribution in [0.3, 0.4) is 0 Å². The Morgan fingerprint density at radius 2 is 1.89 bits per heavy atom. The third-order valence-corrected chi connectivity index (χ3v) is 3.08. The van der Waals surface area contributed by atoms with Gasteiger partial charge in [-0.25, -0.2) is 9.97 Å². The van der Waals surface area contributed by atoms with Crippen molar-refractivity contribution in [3.63, 3.8) is 0 Å². The number of hydrogen-bond acceptors (Lipinski definition) is 5. The molecule has 1 heterocycles. The first-order valence-electron chi connectivity index (χ1n) is 6.73. The van der Waals surface area contributed by atoms with E-state index in [1.54, 1.807) is 0 Å². The van der Waals surface area contributed by atoms with Gasteiger partial charge < -0.3 is 15.7 Å². The molecular formula is C13H22N4O. The van der Waals surface area contributed by atoms with E-state index < -0.39 is 0 Å². The largest absolute Gasteiger partial charge is 0.396 e. The van der Waals surface area contributed by atoms with E-state index in [9.17, 15) is 0 Å². The van der Waals surface area contributed by atoms with Gasteiger partial charge in [-0.2, -0.15) is 0 Å². The molecule has 3 N–H and O–H groups in total. The van der Waals surface area contributed by atoms with Crippen LogP contribution in [-0.4, -0.2) is 34.8 Å². The first-order chi connectivity index (χ1) is 8.76. The quantitative estimate of drug-likeness (QED) is 0.645. The van der Waals surface area contributed by atoms with Crippen LogP contribution in [0, 0.1) is 6.92 Å². The molecule has 1 aromatic rings. The molecule has 1 aliphatic rings. The van der Waals surface area contributed by atoms with Gasteiger partial charge in [-0.1, -0.05) is 0 Å². The van der Waals surface area contributed by atoms with Crippen molar-refractivity contribution in [1.82, 2.24) is 9.97 Å². The van der Waals surface area contributed by atoms with Crippen LogP contribution in [0.25, 0.3) is 0 Å². The van der Waals surface area contributed by atoms with E-state index in [4.69, 9.17) is 5.11 Å². The Bertz CT molecular complexity index is 404. The third kappa shape index (κ3) is 3.10. The van der Waals surface area contributed by atoms with Crippen LogP contribution in [0.1, 0.15) is 43.5 Å². The van der Waals surface area contributed by atoms with Crippen molar-refractivity contribution in [1.29, 1.82) is 0 Å². The first kappa shape index (κ1) is 13.1. The molecule has 1 aromatic heterocycles. The summed E-state index contributed by atoms with van der Waals surface area (Å²) < 4.78 is 0. The van der Waals surface area contributed by atoms with E-state index in [0.717, 1.165) is 42.5 Å². The molecule has 0 aliphatic heterocycles. The smallest absolute Gasteiger partial charge is 0.136 e. The van der Waals surface area contributed by atoms with Crippen molar-refractivity contribution >= 4 is 11.6 Å². The Morgan fingerprint density at radius 3 is 2.44 bits per heavy atom. The number of nitrogens with zero attached hydrogens (tertiary/aromatic N) is 2. The van der Waals surface area contributed by atoms with Crippen molar-refractivity contribution in [2.75, 3.05) is 30.3 Å². The Balaban J connectivity index is 2.18. The van der Waals surface area contributed by atoms with Crippen LogP contribution in [0.2, 0.25) is 0 Å². The highest BCUT2D eigenvalue weighted by molar-refractivity contribution is 5.57. The predicted octanol–water partition coefficient (Wildman–Crippen LogP) is 1.89. The van der Waals surface area contributed by atoms with Gasteiger partial charge in [0, 0.05) is 31.2 Å². The highest BCUT2D eigenvalue weighted by Gasteiger charge is 2.28. The molecule has 5 nitrogen and oxygen atoms in total. The number of nitrogens with one attached hydrogen (secondary N) is 2. The molecule has 0 spiro atoms. The fourth-order valence-electron chi connectivity index (χ4n) is 1.86. The van der Waals surface area contributed by atoms with E-state index in [1.165, 1.54) is 12.8 Å². The zero-order valence-corrected chi connectivity index (χ0v) is 11.2. The average Bonchev–Trinajstić information content (AvgIpc) is 3.18. The number of aliphatic hydroxyl groups excluding tert-OH is 1. The molecule has 100 valence electrons. The van der Waals surface area contributed by atoms with E-state index in [-0.39, 0.29) is 6.61 Å². The zero-order chi connectivity index (χ0) is 13.0. The Kier molecular flexibility index (Phi) is 4.36. The minimum absolute atomic E-state index is 0.201. The number of anilines is 2. The van der Waals surface area contributed by atoms with Gasteiger partial charge >= 0.3 is 0 Å². The van der Waals surface area contributed by atoms with Gasteiger partial charge in [-0.05, 0) is 33.1 Å². The lowest BCUT2D eigenvalue weighted by molar-refractivity contribution is 0.292. The van der Waals surface area contributed by atoms with Gasteiger partial charge in [0.15, 0.2) is 0 Å². The lowest BCUT2D eigenvalue weighted by Gasteiger charge is -2.14. The predicted molar refractivity (Wildman–Crippen MR) is 73.1 cm³/mol. The molecule has 5 heteroatoms. The van der Waals surface area contributed by atoms with Crippen LogP contribution in [0.15, 0.2) is 0 Å². The minimum Gasteiger partial charge on any atom is -0.396 e. The summed E-state index contributed by atoms with van der Waals surface area (Å²) in [7, 11) is 0. The minimum atomic E-state index is 0.201. The van der Waals surface area contributed by atoms with Crippen molar-refractivity contribution < 1.29 is 5.11 Å². The molecule has 1 fully saturated rings. The molecule has 0 unspecified atom stereocenters. The molecule has 18 heavy (non-hydrogen) atoms. The summed E-state index contributed by atoms with van der Waals surface area (Å²) in [6.45, 7) is 5.89. The first-order valence-corrected chi connectivity index (χ1v) is 6.73. The molecule has 0 bridgehead atoms. The van der Waals surface area contributed by atoms with Gasteiger partial charge in [0.05, 0.1) is 0 Å². The Labute approximate surface area is 108 Å². The van der Waals surface area contributed by atoms with Gasteiger partial charge in [-0.15, -0.1) is 0 Å². The fraction of sp³-hybridized carbons (Fsp3) is 0.692. The summed E-state index contributed by atoms with van der Waals surface area (Å²) >= 11 is 0. The monoisotopic (exact) mass is 250 g/mol. The molecule has 1 aliphatic carbocycles. The SMILES string of the molecule is CCNc1nc(C2CC2)nc(NCCCO)c1C. The van der Waals surface area contributed by atoms with Gasteiger partial charge in [0.2, 0.25) is 0 Å². The lowest BCUT2D eigenvalue weighted by atomic mass is 10.2. The summed E-state index contributed by atoms with van der Waals surface area (Å²) in [5.41, 5.74) is 1.05. The number of aliphatic hydroxyl groups is 1. The molecule has 1 saturated carbocycles. The summed E-state index contributed by atoms with van der Waals surface area (Å²) in [5, 5.41) is 15.4. The molecule has 0 aromatic carbocycles. The van der Waals surface area contributed by atoms with Crippen molar-refractivity contribution in [3.05, 3.63) is 11.4 Å². The van der Waals surface area contributed by atoms with E-state index >= 15 is 0 Å². The Morgan fingerprint density at radius 1 is 1.22 bits per heavy atom. The highest BCUT2D eigenvalue weighted by atomic mass is 16.3. The van der Waals surface area contributed by atoms with Gasteiger partial charge in [0.25, 0.3) is 0 Å². The Hall–Kier alpha value is -1.36. The van der Waals surface area contributed by atoms with Crippen molar-refractivity contribution in [3.8, 4) is 0 Å². The molecular weight excluding hydrogens is 228 g/mol. The van der Waals surface area contributed by atoms with Gasteiger partial charge in [-0.3, -0.25) is 0 Å². The fourth-order valence-corrected chi connectivity index (χ4v) is 1.86. The highest BCUT2D eigenvalue weighted by Crippen LogP contribution is 2.39. The van der Waals surface area contributed by atoms with Crippen molar-refractivity contribution in [2.24, 2.45) is 0 Å². The lowest BCUT2D eigenvalue weighted by Crippen LogP contribution is -2.12. The van der Waals surface area contributed by atoms with Crippen LogP contribution < -0.4 is 10.6 Å². The summed E-state index contributed by atoms with van der Waals surface area (Å²) in [6.07, 6.45) is 3.13. The molecule has 2 rings (SSSR count). The average molecular weight is 250 g/mol. The summed E-state index contributed by atoms with van der Waals surface area (Å²) in [4.78, 5) is 9.21. The van der Waals surface area contributed by atoms with E-state index in [0.29, 0.717) is 5.92 Å². The van der Waals surface area contributed by atoms with Crippen LogP contribution in [-0.2, 0) is 0 Å². The number of aromatic nitrogens is 2. The second-order valence-corrected chi connectivity index (χ2v) is 4.71. The van der Waals surface area contributed by atoms with Crippen LogP contribution in [0.4, 0.5) is 11.6 Å². The normalized spacial score (nSPS) is 14.6. The standard InChI is InChI=1S/C13H22N4O/c1-3-14-11-9(2)12(15-7-4-8-18)17-13(16-11)10-5-6-10/h10,18H,3-8H2,1-2H3,(H2,14,15,16,17). The van der Waals surface area contributed by atoms with Gasteiger partial charge in [0.1, 0.15) is 17.5 Å². The summed E-state index contributed by atoms with van der Waals surface area (Å²) in [6, 6.07) is 0. The maximum absolute atomic E-state index is 8.82. The summed E-state index contributed by atoms with van der Waals surface area (Å²) in [5.74, 6) is 3.32. The number of rotatable bonds is 7. The van der Waals surface area contributed by atoms with Crippen LogP contribution >= 0.6 is 0 Å². The zero-order valence-electron chi connectivity index (χ0n) is 11.2. The van der Waals surface area contributed by atoms with Crippen molar-refractivity contribution in [2.45, 2.75) is 39.0 Å². The molecule has 0 radical (unpaired) electrons. The topological polar surface area (TPSA) is 70.1 Å². The second-order valence-electron chi connectivity index (χ2n) is 4.71. The molecule has 0 amide bonds. The third-order valence-electron chi connectivity index (χ3n) is 3.08. The maximum atomic E-state index is 8.82. The second kappa shape index (κ2) is 6.00. The maximum Gasteiger partial charge on any atom is 0.136 e.